The number of rotatable bonds is 6. The van der Waals surface area contributed by atoms with Crippen molar-refractivity contribution in [1.82, 2.24) is 5.43 Å². The van der Waals surface area contributed by atoms with Crippen LogP contribution in [0.15, 0.2) is 24.3 Å². The number of aromatic hydroxyl groups is 1. The molecule has 0 radical (unpaired) electrons. The lowest BCUT2D eigenvalue weighted by Crippen LogP contribution is -2.31. The van der Waals surface area contributed by atoms with Crippen molar-refractivity contribution in [3.63, 3.8) is 0 Å². The van der Waals surface area contributed by atoms with Crippen molar-refractivity contribution in [2.75, 3.05) is 5.43 Å². The molecule has 0 saturated carbocycles. The number of primary amides is 1. The van der Waals surface area contributed by atoms with E-state index >= 15 is 0 Å². The molecule has 1 atom stereocenters. The van der Waals surface area contributed by atoms with E-state index in [0.29, 0.717) is 5.69 Å². The first-order valence-electron chi connectivity index (χ1n) is 5.59. The van der Waals surface area contributed by atoms with Crippen LogP contribution in [0, 0.1) is 5.92 Å². The number of carbonyl (C=O) groups is 2. The second-order valence-electron chi connectivity index (χ2n) is 4.20. The van der Waals surface area contributed by atoms with Crippen LogP contribution in [0.4, 0.5) is 5.69 Å². The third-order valence-corrected chi connectivity index (χ3v) is 2.30. The van der Waals surface area contributed by atoms with Crippen molar-refractivity contribution in [3.05, 3.63) is 24.3 Å². The van der Waals surface area contributed by atoms with Crippen LogP contribution in [0.1, 0.15) is 19.8 Å². The Hall–Kier alpha value is -2.24. The number of anilines is 1. The van der Waals surface area contributed by atoms with Crippen molar-refractivity contribution >= 4 is 17.5 Å². The maximum Gasteiger partial charge on any atom is 0.238 e. The van der Waals surface area contributed by atoms with Crippen LogP contribution in [-0.2, 0) is 9.59 Å². The van der Waals surface area contributed by atoms with Gasteiger partial charge in [-0.3, -0.25) is 20.4 Å². The third kappa shape index (κ3) is 5.20. The highest BCUT2D eigenvalue weighted by Crippen LogP contribution is 2.13. The number of amides is 2. The molecule has 1 aromatic carbocycles. The van der Waals surface area contributed by atoms with Crippen LogP contribution in [0.3, 0.4) is 0 Å². The zero-order chi connectivity index (χ0) is 13.5. The fourth-order valence-electron chi connectivity index (χ4n) is 1.47. The number of nitrogens with one attached hydrogen (secondary N) is 2. The maximum atomic E-state index is 11.5. The molecule has 1 aromatic rings. The van der Waals surface area contributed by atoms with Crippen molar-refractivity contribution < 1.29 is 14.7 Å². The molecule has 0 aliphatic rings. The molecule has 0 aliphatic carbocycles. The zero-order valence-electron chi connectivity index (χ0n) is 10.1. The molecule has 0 aromatic heterocycles. The van der Waals surface area contributed by atoms with Gasteiger partial charge in [0, 0.05) is 12.8 Å². The number of carbonyl (C=O) groups excluding carboxylic acids is 2. The fraction of sp³-hybridized carbons (Fsp3) is 0.333. The van der Waals surface area contributed by atoms with Gasteiger partial charge in [0.2, 0.25) is 11.8 Å². The van der Waals surface area contributed by atoms with Crippen molar-refractivity contribution in [3.8, 4) is 5.75 Å². The van der Waals surface area contributed by atoms with Gasteiger partial charge in [-0.1, -0.05) is 6.92 Å². The van der Waals surface area contributed by atoms with E-state index in [0.717, 1.165) is 0 Å². The molecule has 0 bridgehead atoms. The van der Waals surface area contributed by atoms with Crippen LogP contribution >= 0.6 is 0 Å². The summed E-state index contributed by atoms with van der Waals surface area (Å²) in [7, 11) is 0. The smallest absolute Gasteiger partial charge is 0.238 e. The van der Waals surface area contributed by atoms with E-state index in [2.05, 4.69) is 10.9 Å². The monoisotopic (exact) mass is 251 g/mol. The minimum Gasteiger partial charge on any atom is -0.508 e. The standard InChI is InChI=1S/C12H17N3O3/c1-8(6-11(13)17)7-12(18)15-14-9-2-4-10(16)5-3-9/h2-5,8,14,16H,6-7H2,1H3,(H2,13,17)(H,15,18)/t8-/m1/s1. The number of hydrazine groups is 1. The van der Waals surface area contributed by atoms with Crippen LogP contribution in [0.2, 0.25) is 0 Å². The zero-order valence-corrected chi connectivity index (χ0v) is 10.1. The summed E-state index contributed by atoms with van der Waals surface area (Å²) in [5.74, 6) is -0.579. The van der Waals surface area contributed by atoms with Gasteiger partial charge in [-0.2, -0.15) is 0 Å². The molecule has 0 aliphatic heterocycles. The quantitative estimate of drug-likeness (QED) is 0.442. The number of phenolic OH excluding ortho intramolecular Hbond substituents is 1. The average Bonchev–Trinajstić information content (AvgIpc) is 2.27. The van der Waals surface area contributed by atoms with Gasteiger partial charge in [0.25, 0.3) is 0 Å². The molecule has 6 heteroatoms. The summed E-state index contributed by atoms with van der Waals surface area (Å²) >= 11 is 0. The van der Waals surface area contributed by atoms with E-state index in [4.69, 9.17) is 10.8 Å². The van der Waals surface area contributed by atoms with Crippen LogP contribution in [0.25, 0.3) is 0 Å². The Labute approximate surface area is 105 Å². The van der Waals surface area contributed by atoms with Gasteiger partial charge < -0.3 is 10.8 Å². The second kappa shape index (κ2) is 6.48. The third-order valence-electron chi connectivity index (χ3n) is 2.30. The minimum absolute atomic E-state index is 0.0934. The number of hydrogen-bond donors (Lipinski definition) is 4. The first kappa shape index (κ1) is 13.8. The Morgan fingerprint density at radius 2 is 1.89 bits per heavy atom. The normalized spacial score (nSPS) is 11.6. The Kier molecular flexibility index (Phi) is 4.98. The van der Waals surface area contributed by atoms with Crippen molar-refractivity contribution in [2.45, 2.75) is 19.8 Å². The average molecular weight is 251 g/mol. The fourth-order valence-corrected chi connectivity index (χ4v) is 1.47. The Morgan fingerprint density at radius 3 is 2.44 bits per heavy atom. The van der Waals surface area contributed by atoms with Crippen LogP contribution in [-0.4, -0.2) is 16.9 Å². The lowest BCUT2D eigenvalue weighted by Gasteiger charge is -2.11. The van der Waals surface area contributed by atoms with Gasteiger partial charge in [-0.25, -0.2) is 0 Å². The van der Waals surface area contributed by atoms with Gasteiger partial charge >= 0.3 is 0 Å². The van der Waals surface area contributed by atoms with Gasteiger partial charge in [-0.15, -0.1) is 0 Å². The van der Waals surface area contributed by atoms with Crippen LogP contribution in [0.5, 0.6) is 5.75 Å². The molecule has 0 fully saturated rings. The Bertz CT molecular complexity index is 417. The minimum atomic E-state index is -0.415. The summed E-state index contributed by atoms with van der Waals surface area (Å²) in [6.45, 7) is 1.78. The molecule has 6 nitrogen and oxygen atoms in total. The number of nitrogens with two attached hydrogens (primary N) is 1. The SMILES string of the molecule is C[C@H](CC(N)=O)CC(=O)NNc1ccc(O)cc1. The summed E-state index contributed by atoms with van der Waals surface area (Å²) < 4.78 is 0. The van der Waals surface area contributed by atoms with E-state index in [-0.39, 0.29) is 30.4 Å². The predicted octanol–water partition coefficient (Wildman–Crippen LogP) is 0.737. The molecule has 0 saturated heterocycles. The second-order valence-corrected chi connectivity index (χ2v) is 4.20. The topological polar surface area (TPSA) is 104 Å². The van der Waals surface area contributed by atoms with E-state index in [1.54, 1.807) is 19.1 Å². The summed E-state index contributed by atoms with van der Waals surface area (Å²) in [5, 5.41) is 9.08. The molecule has 1 rings (SSSR count). The molecule has 5 N–H and O–H groups in total. The summed E-state index contributed by atoms with van der Waals surface area (Å²) in [4.78, 5) is 22.2. The van der Waals surface area contributed by atoms with Gasteiger partial charge in [0.05, 0.1) is 5.69 Å². The van der Waals surface area contributed by atoms with Crippen molar-refractivity contribution in [2.24, 2.45) is 11.7 Å². The summed E-state index contributed by atoms with van der Waals surface area (Å²) in [5.41, 5.74) is 10.9. The van der Waals surface area contributed by atoms with E-state index < -0.39 is 5.91 Å². The van der Waals surface area contributed by atoms with Crippen molar-refractivity contribution in [1.29, 1.82) is 0 Å². The highest BCUT2D eigenvalue weighted by atomic mass is 16.3. The van der Waals surface area contributed by atoms with Gasteiger partial charge in [0.15, 0.2) is 0 Å². The maximum absolute atomic E-state index is 11.5. The highest BCUT2D eigenvalue weighted by molar-refractivity contribution is 5.79. The molecule has 2 amide bonds. The highest BCUT2D eigenvalue weighted by Gasteiger charge is 2.11. The van der Waals surface area contributed by atoms with E-state index in [1.165, 1.54) is 12.1 Å². The number of hydrogen-bond acceptors (Lipinski definition) is 4. The van der Waals surface area contributed by atoms with Crippen LogP contribution < -0.4 is 16.6 Å². The molecule has 98 valence electrons. The predicted molar refractivity (Wildman–Crippen MR) is 67.5 cm³/mol. The van der Waals surface area contributed by atoms with Gasteiger partial charge in [-0.05, 0) is 30.2 Å². The number of benzene rings is 1. The first-order chi connectivity index (χ1) is 8.47. The Balaban J connectivity index is 2.32. The summed E-state index contributed by atoms with van der Waals surface area (Å²) in [6, 6.07) is 6.26. The lowest BCUT2D eigenvalue weighted by molar-refractivity contribution is -0.122. The van der Waals surface area contributed by atoms with E-state index in [1.807, 2.05) is 0 Å². The van der Waals surface area contributed by atoms with E-state index in [9.17, 15) is 9.59 Å². The lowest BCUT2D eigenvalue weighted by atomic mass is 10.0. The van der Waals surface area contributed by atoms with Gasteiger partial charge in [0.1, 0.15) is 5.75 Å². The molecule has 0 spiro atoms. The largest absolute Gasteiger partial charge is 0.508 e. The molecule has 0 heterocycles. The summed E-state index contributed by atoms with van der Waals surface area (Å²) in [6.07, 6.45) is 0.403. The number of phenols is 1. The molecular weight excluding hydrogens is 234 g/mol. The molecular formula is C12H17N3O3. The first-order valence-corrected chi connectivity index (χ1v) is 5.59. The molecule has 18 heavy (non-hydrogen) atoms. The Morgan fingerprint density at radius 1 is 1.28 bits per heavy atom. The molecule has 0 unspecified atom stereocenters.